The molecule has 6 rings (SSSR count). The minimum atomic E-state index is -0.839. The van der Waals surface area contributed by atoms with E-state index in [2.05, 4.69) is 15.5 Å². The van der Waals surface area contributed by atoms with Gasteiger partial charge in [0.2, 0.25) is 0 Å². The predicted molar refractivity (Wildman–Crippen MR) is 202 cm³/mol. The van der Waals surface area contributed by atoms with E-state index in [1.165, 1.54) is 6.20 Å². The molecule has 296 valence electrons. The van der Waals surface area contributed by atoms with Crippen molar-refractivity contribution in [2.24, 2.45) is 0 Å². The maximum absolute atomic E-state index is 13.4. The van der Waals surface area contributed by atoms with Crippen LogP contribution in [0.15, 0.2) is 58.4 Å². The molecular weight excluding hydrogens is 796 g/mol. The van der Waals surface area contributed by atoms with Crippen LogP contribution in [0.3, 0.4) is 0 Å². The Bertz CT molecular complexity index is 2020. The number of aliphatic hydroxyl groups excluding tert-OH is 2. The standard InChI is InChI=1S/C16H18BClF2N4O3.C10H4Cl2F2N2O.C6H15BN2O2/c1-17(27)22-2-3-23(13(8-22)9-25)14-7-21-24(16(26)15(14)18)12-5-10(19)4-11(20)6-12;11-8-4-15-16(10(17)9(8)12)7-2-5(13)1-6(14)3-7;1-7(11)9-3-2-8-6(4-9)5-10/h4-7,13,25,27H,2-3,8-9H2,1H3;1-4H;6,8,10-11H,2-5H2,1H3. The number of hydrogen-bond acceptors (Lipinski definition) is 12. The number of benzene rings is 2. The molecule has 0 radical (unpaired) electrons. The number of anilines is 1. The molecule has 55 heavy (non-hydrogen) atoms. The van der Waals surface area contributed by atoms with Crippen molar-refractivity contribution >= 4 is 54.6 Å². The highest BCUT2D eigenvalue weighted by molar-refractivity contribution is 6.45. The molecule has 14 nitrogen and oxygen atoms in total. The second-order valence-electron chi connectivity index (χ2n) is 12.5. The van der Waals surface area contributed by atoms with E-state index >= 15 is 0 Å². The minimum Gasteiger partial charge on any atom is -0.437 e. The molecule has 0 bridgehead atoms. The SMILES string of the molecule is CB(O)N1CCN(c2cnn(-c3cc(F)cc(F)c3)c(=O)c2Cl)C(CO)C1.CB(O)N1CCNC(CO)C1.O=c1c(Cl)c(Cl)cnn1-c1cc(F)cc(F)c1. The van der Waals surface area contributed by atoms with E-state index < -0.39 is 54.5 Å². The number of nitrogens with one attached hydrogen (secondary N) is 1. The summed E-state index contributed by atoms with van der Waals surface area (Å²) in [5.41, 5.74) is -1.30. The summed E-state index contributed by atoms with van der Waals surface area (Å²) in [6.45, 7) is 7.04. The van der Waals surface area contributed by atoms with Crippen LogP contribution in [0.5, 0.6) is 0 Å². The lowest BCUT2D eigenvalue weighted by atomic mass is 9.83. The van der Waals surface area contributed by atoms with Gasteiger partial charge in [-0.3, -0.25) is 9.59 Å². The third kappa shape index (κ3) is 11.5. The largest absolute Gasteiger partial charge is 0.437 e. The van der Waals surface area contributed by atoms with E-state index in [1.807, 2.05) is 4.81 Å². The van der Waals surface area contributed by atoms with Crippen molar-refractivity contribution in [2.45, 2.75) is 25.7 Å². The Morgan fingerprint density at radius 1 is 0.727 bits per heavy atom. The molecule has 0 spiro atoms. The van der Waals surface area contributed by atoms with E-state index in [0.29, 0.717) is 37.5 Å². The van der Waals surface area contributed by atoms with Gasteiger partial charge in [-0.25, -0.2) is 17.6 Å². The van der Waals surface area contributed by atoms with Crippen molar-refractivity contribution in [1.82, 2.24) is 34.5 Å². The predicted octanol–water partition coefficient (Wildman–Crippen LogP) is 1.94. The van der Waals surface area contributed by atoms with Gasteiger partial charge in [0.25, 0.3) is 11.1 Å². The highest BCUT2D eigenvalue weighted by Crippen LogP contribution is 2.26. The second kappa shape index (κ2) is 20.0. The zero-order valence-corrected chi connectivity index (χ0v) is 31.7. The van der Waals surface area contributed by atoms with Gasteiger partial charge < -0.3 is 40.1 Å². The van der Waals surface area contributed by atoms with Crippen LogP contribution < -0.4 is 21.3 Å². The Labute approximate surface area is 328 Å². The molecule has 2 aliphatic rings. The maximum Gasteiger partial charge on any atom is 0.376 e. The van der Waals surface area contributed by atoms with Gasteiger partial charge in [0.05, 0.1) is 53.7 Å². The van der Waals surface area contributed by atoms with Gasteiger partial charge >= 0.3 is 14.1 Å². The molecular formula is C32H37B2Cl3F4N8O6. The zero-order chi connectivity index (χ0) is 40.6. The summed E-state index contributed by atoms with van der Waals surface area (Å²) >= 11 is 17.4. The Morgan fingerprint density at radius 3 is 1.71 bits per heavy atom. The molecule has 5 N–H and O–H groups in total. The van der Waals surface area contributed by atoms with Gasteiger partial charge in [-0.15, -0.1) is 0 Å². The minimum absolute atomic E-state index is 0.0233. The monoisotopic (exact) mass is 832 g/mol. The van der Waals surface area contributed by atoms with Crippen LogP contribution in [0.25, 0.3) is 11.4 Å². The molecule has 4 heterocycles. The van der Waals surface area contributed by atoms with Crippen molar-refractivity contribution < 1.29 is 37.8 Å². The molecule has 2 aromatic carbocycles. The van der Waals surface area contributed by atoms with E-state index in [-0.39, 0.29) is 45.7 Å². The number of aromatic nitrogens is 4. The maximum atomic E-state index is 13.4. The fourth-order valence-corrected chi connectivity index (χ4v) is 6.22. The van der Waals surface area contributed by atoms with Gasteiger partial charge in [0.1, 0.15) is 33.3 Å². The van der Waals surface area contributed by atoms with Gasteiger partial charge in [-0.1, -0.05) is 34.8 Å². The average molecular weight is 834 g/mol. The zero-order valence-electron chi connectivity index (χ0n) is 29.5. The van der Waals surface area contributed by atoms with E-state index in [9.17, 15) is 42.3 Å². The summed E-state index contributed by atoms with van der Waals surface area (Å²) in [7, 11) is -1.06. The van der Waals surface area contributed by atoms with Gasteiger partial charge in [-0.2, -0.15) is 19.6 Å². The first kappa shape index (κ1) is 44.2. The normalized spacial score (nSPS) is 17.5. The van der Waals surface area contributed by atoms with Crippen LogP contribution in [0, 0.1) is 23.3 Å². The second-order valence-corrected chi connectivity index (χ2v) is 13.6. The summed E-state index contributed by atoms with van der Waals surface area (Å²) in [5.74, 6) is -3.32. The number of hydrogen-bond donors (Lipinski definition) is 5. The molecule has 23 heteroatoms. The van der Waals surface area contributed by atoms with Crippen LogP contribution in [0.1, 0.15) is 0 Å². The number of aliphatic hydroxyl groups is 2. The Morgan fingerprint density at radius 2 is 1.22 bits per heavy atom. The topological polar surface area (TPSA) is 172 Å². The van der Waals surface area contributed by atoms with Gasteiger partial charge in [0.15, 0.2) is 0 Å². The Kier molecular flexibility index (Phi) is 16.1. The van der Waals surface area contributed by atoms with Crippen LogP contribution >= 0.6 is 34.8 Å². The average Bonchev–Trinajstić information content (AvgIpc) is 3.14. The first-order valence-corrected chi connectivity index (χ1v) is 17.9. The first-order valence-electron chi connectivity index (χ1n) is 16.7. The smallest absolute Gasteiger partial charge is 0.376 e. The molecule has 2 aromatic heterocycles. The lowest BCUT2D eigenvalue weighted by Crippen LogP contribution is -2.58. The van der Waals surface area contributed by atoms with Crippen molar-refractivity contribution in [3.8, 4) is 11.4 Å². The van der Waals surface area contributed by atoms with Gasteiger partial charge in [-0.05, 0) is 37.9 Å². The molecule has 2 fully saturated rings. The van der Waals surface area contributed by atoms with Crippen LogP contribution in [0.4, 0.5) is 23.2 Å². The molecule has 2 saturated heterocycles. The first-order chi connectivity index (χ1) is 26.0. The fraction of sp³-hybridized carbons (Fsp3) is 0.375. The van der Waals surface area contributed by atoms with Crippen LogP contribution in [-0.2, 0) is 0 Å². The highest BCUT2D eigenvalue weighted by atomic mass is 35.5. The fourth-order valence-electron chi connectivity index (χ4n) is 5.73. The highest BCUT2D eigenvalue weighted by Gasteiger charge is 2.32. The summed E-state index contributed by atoms with van der Waals surface area (Å²) in [4.78, 5) is 29.7. The number of rotatable bonds is 7. The van der Waals surface area contributed by atoms with Crippen LogP contribution in [-0.4, -0.2) is 128 Å². The van der Waals surface area contributed by atoms with E-state index in [4.69, 9.17) is 39.9 Å². The summed E-state index contributed by atoms with van der Waals surface area (Å²) in [6, 6.07) is 4.98. The quantitative estimate of drug-likeness (QED) is 0.136. The summed E-state index contributed by atoms with van der Waals surface area (Å²) in [5, 5.41) is 47.8. The van der Waals surface area contributed by atoms with Crippen LogP contribution in [0.2, 0.25) is 28.7 Å². The summed E-state index contributed by atoms with van der Waals surface area (Å²) < 4.78 is 54.4. The molecule has 0 saturated carbocycles. The molecule has 2 unspecified atom stereocenters. The Balaban J connectivity index is 0.000000204. The van der Waals surface area contributed by atoms with E-state index in [0.717, 1.165) is 59.5 Å². The van der Waals surface area contributed by atoms with E-state index in [1.54, 1.807) is 23.4 Å². The number of nitrogens with zero attached hydrogens (tertiary/aromatic N) is 7. The van der Waals surface area contributed by atoms with Gasteiger partial charge in [0, 0.05) is 57.4 Å². The third-order valence-corrected chi connectivity index (χ3v) is 9.66. The Hall–Kier alpha value is -3.56. The molecule has 0 amide bonds. The number of halogens is 7. The molecule has 4 aromatic rings. The molecule has 0 aliphatic carbocycles. The number of piperazine rings is 2. The molecule has 2 atom stereocenters. The summed E-state index contributed by atoms with van der Waals surface area (Å²) in [6.07, 6.45) is 2.45. The lowest BCUT2D eigenvalue weighted by Gasteiger charge is -2.42. The van der Waals surface area contributed by atoms with Crippen molar-refractivity contribution in [3.63, 3.8) is 0 Å². The van der Waals surface area contributed by atoms with Crippen molar-refractivity contribution in [2.75, 3.05) is 57.4 Å². The third-order valence-electron chi connectivity index (χ3n) is 8.56. The van der Waals surface area contributed by atoms with Crippen molar-refractivity contribution in [3.05, 3.63) is 108 Å². The molecule has 2 aliphatic heterocycles. The van der Waals surface area contributed by atoms with Crippen molar-refractivity contribution in [1.29, 1.82) is 0 Å². The lowest BCUT2D eigenvalue weighted by molar-refractivity contribution is 0.186.